The van der Waals surface area contributed by atoms with Gasteiger partial charge in [-0.05, 0) is 68.4 Å². The number of rotatable bonds is 7. The fourth-order valence-electron chi connectivity index (χ4n) is 3.93. The van der Waals surface area contributed by atoms with Crippen LogP contribution in [0.25, 0.3) is 17.1 Å². The SMILES string of the molecule is Fc1ccc(-n2c(CN3CCCCC3)nnc2SCc2coc(-c3cccc(Cl)c3)n2)cc1. The van der Waals surface area contributed by atoms with Crippen molar-refractivity contribution in [3.8, 4) is 17.1 Å². The molecule has 170 valence electrons. The minimum absolute atomic E-state index is 0.269. The maximum atomic E-state index is 13.6. The van der Waals surface area contributed by atoms with Crippen molar-refractivity contribution < 1.29 is 8.81 Å². The van der Waals surface area contributed by atoms with Crippen LogP contribution in [0.2, 0.25) is 5.02 Å². The third-order valence-corrected chi connectivity index (χ3v) is 6.77. The minimum Gasteiger partial charge on any atom is -0.444 e. The second-order valence-electron chi connectivity index (χ2n) is 7.99. The summed E-state index contributed by atoms with van der Waals surface area (Å²) in [7, 11) is 0. The molecule has 1 saturated heterocycles. The monoisotopic (exact) mass is 483 g/mol. The maximum absolute atomic E-state index is 13.6. The molecule has 0 amide bonds. The molecule has 1 aliphatic heterocycles. The van der Waals surface area contributed by atoms with Crippen molar-refractivity contribution in [1.82, 2.24) is 24.6 Å². The Bertz CT molecular complexity index is 1220. The molecule has 2 aromatic heterocycles. The lowest BCUT2D eigenvalue weighted by molar-refractivity contribution is 0.214. The minimum atomic E-state index is -0.269. The topological polar surface area (TPSA) is 60.0 Å². The molecule has 0 bridgehead atoms. The van der Waals surface area contributed by atoms with Crippen LogP contribution in [0.5, 0.6) is 0 Å². The van der Waals surface area contributed by atoms with E-state index >= 15 is 0 Å². The van der Waals surface area contributed by atoms with Gasteiger partial charge >= 0.3 is 0 Å². The lowest BCUT2D eigenvalue weighted by Gasteiger charge is -2.26. The van der Waals surface area contributed by atoms with Crippen LogP contribution in [0.15, 0.2) is 64.4 Å². The first-order valence-corrected chi connectivity index (χ1v) is 12.3. The third kappa shape index (κ3) is 5.29. The molecule has 0 unspecified atom stereocenters. The fourth-order valence-corrected chi connectivity index (χ4v) is 4.97. The number of benzene rings is 2. The summed E-state index contributed by atoms with van der Waals surface area (Å²) in [6.45, 7) is 2.84. The molecule has 0 spiro atoms. The van der Waals surface area contributed by atoms with Crippen LogP contribution in [-0.2, 0) is 12.3 Å². The summed E-state index contributed by atoms with van der Waals surface area (Å²) in [5.41, 5.74) is 2.47. The highest BCUT2D eigenvalue weighted by Gasteiger charge is 2.19. The van der Waals surface area contributed by atoms with Gasteiger partial charge in [0.05, 0.1) is 12.2 Å². The molecular formula is C24H23ClFN5OS. The quantitative estimate of drug-likeness (QED) is 0.301. The molecule has 6 nitrogen and oxygen atoms in total. The van der Waals surface area contributed by atoms with Crippen LogP contribution in [0, 0.1) is 5.82 Å². The summed E-state index contributed by atoms with van der Waals surface area (Å²) in [6, 6.07) is 13.9. The molecule has 33 heavy (non-hydrogen) atoms. The number of halogens is 2. The summed E-state index contributed by atoms with van der Waals surface area (Å²) >= 11 is 7.60. The van der Waals surface area contributed by atoms with Gasteiger partial charge in [0.2, 0.25) is 5.89 Å². The zero-order chi connectivity index (χ0) is 22.6. The van der Waals surface area contributed by atoms with E-state index in [0.717, 1.165) is 41.0 Å². The summed E-state index contributed by atoms with van der Waals surface area (Å²) in [5.74, 6) is 1.67. The Morgan fingerprint density at radius 2 is 1.85 bits per heavy atom. The molecule has 0 radical (unpaired) electrons. The number of nitrogens with zero attached hydrogens (tertiary/aromatic N) is 5. The lowest BCUT2D eigenvalue weighted by Crippen LogP contribution is -2.30. The van der Waals surface area contributed by atoms with Crippen molar-refractivity contribution in [2.75, 3.05) is 13.1 Å². The molecule has 0 N–H and O–H groups in total. The van der Waals surface area contributed by atoms with Gasteiger partial charge in [-0.25, -0.2) is 9.37 Å². The Morgan fingerprint density at radius 3 is 2.64 bits per heavy atom. The number of hydrogen-bond acceptors (Lipinski definition) is 6. The van der Waals surface area contributed by atoms with E-state index in [1.165, 1.54) is 43.2 Å². The predicted molar refractivity (Wildman–Crippen MR) is 127 cm³/mol. The van der Waals surface area contributed by atoms with Crippen LogP contribution in [0.3, 0.4) is 0 Å². The lowest BCUT2D eigenvalue weighted by atomic mass is 10.1. The van der Waals surface area contributed by atoms with Crippen molar-refractivity contribution in [3.05, 3.63) is 77.2 Å². The van der Waals surface area contributed by atoms with E-state index < -0.39 is 0 Å². The fraction of sp³-hybridized carbons (Fsp3) is 0.292. The number of piperidine rings is 1. The highest BCUT2D eigenvalue weighted by molar-refractivity contribution is 7.98. The van der Waals surface area contributed by atoms with Crippen molar-refractivity contribution in [2.45, 2.75) is 36.7 Å². The van der Waals surface area contributed by atoms with E-state index in [-0.39, 0.29) is 5.82 Å². The van der Waals surface area contributed by atoms with E-state index in [4.69, 9.17) is 16.0 Å². The molecule has 3 heterocycles. The van der Waals surface area contributed by atoms with Gasteiger partial charge in [0, 0.05) is 22.0 Å². The number of oxazole rings is 1. The first-order chi connectivity index (χ1) is 16.2. The second kappa shape index (κ2) is 10.1. The van der Waals surface area contributed by atoms with E-state index in [2.05, 4.69) is 20.1 Å². The smallest absolute Gasteiger partial charge is 0.226 e. The highest BCUT2D eigenvalue weighted by Crippen LogP contribution is 2.28. The summed E-state index contributed by atoms with van der Waals surface area (Å²) in [5, 5.41) is 10.3. The molecule has 0 aliphatic carbocycles. The Morgan fingerprint density at radius 1 is 1.03 bits per heavy atom. The Balaban J connectivity index is 1.37. The van der Waals surface area contributed by atoms with Gasteiger partial charge in [-0.2, -0.15) is 0 Å². The molecule has 4 aromatic rings. The van der Waals surface area contributed by atoms with Gasteiger partial charge in [0.15, 0.2) is 11.0 Å². The first-order valence-electron chi connectivity index (χ1n) is 10.9. The van der Waals surface area contributed by atoms with Crippen LogP contribution in [0.1, 0.15) is 30.8 Å². The van der Waals surface area contributed by atoms with Gasteiger partial charge < -0.3 is 4.42 Å². The predicted octanol–water partition coefficient (Wildman–Crippen LogP) is 5.99. The van der Waals surface area contributed by atoms with Crippen LogP contribution in [-0.4, -0.2) is 37.7 Å². The van der Waals surface area contributed by atoms with E-state index in [0.29, 0.717) is 23.2 Å². The normalized spacial score (nSPS) is 14.6. The maximum Gasteiger partial charge on any atom is 0.226 e. The van der Waals surface area contributed by atoms with Gasteiger partial charge in [-0.3, -0.25) is 9.47 Å². The highest BCUT2D eigenvalue weighted by atomic mass is 35.5. The van der Waals surface area contributed by atoms with Gasteiger partial charge in [0.25, 0.3) is 0 Å². The molecule has 5 rings (SSSR count). The second-order valence-corrected chi connectivity index (χ2v) is 9.37. The summed E-state index contributed by atoms with van der Waals surface area (Å²) in [6.07, 6.45) is 5.33. The largest absolute Gasteiger partial charge is 0.444 e. The third-order valence-electron chi connectivity index (χ3n) is 5.57. The number of thioether (sulfide) groups is 1. The average molecular weight is 484 g/mol. The van der Waals surface area contributed by atoms with Gasteiger partial charge in [0.1, 0.15) is 12.1 Å². The number of aromatic nitrogens is 4. The Kier molecular flexibility index (Phi) is 6.75. The summed E-state index contributed by atoms with van der Waals surface area (Å²) < 4.78 is 21.2. The molecular weight excluding hydrogens is 461 g/mol. The number of hydrogen-bond donors (Lipinski definition) is 0. The van der Waals surface area contributed by atoms with E-state index in [1.807, 2.05) is 28.8 Å². The van der Waals surface area contributed by atoms with Crippen molar-refractivity contribution in [1.29, 1.82) is 0 Å². The Labute approximate surface area is 200 Å². The van der Waals surface area contributed by atoms with Gasteiger partial charge in [-0.15, -0.1) is 10.2 Å². The molecule has 0 saturated carbocycles. The molecule has 1 aliphatic rings. The van der Waals surface area contributed by atoms with E-state index in [9.17, 15) is 4.39 Å². The summed E-state index contributed by atoms with van der Waals surface area (Å²) in [4.78, 5) is 6.99. The zero-order valence-corrected chi connectivity index (χ0v) is 19.5. The molecule has 9 heteroatoms. The van der Waals surface area contributed by atoms with Crippen molar-refractivity contribution in [3.63, 3.8) is 0 Å². The molecule has 0 atom stereocenters. The van der Waals surface area contributed by atoms with Gasteiger partial charge in [-0.1, -0.05) is 35.9 Å². The first kappa shape index (κ1) is 22.1. The van der Waals surface area contributed by atoms with Crippen molar-refractivity contribution in [2.24, 2.45) is 0 Å². The standard InChI is InChI=1S/C24H23ClFN5OS/c25-18-6-4-5-17(13-18)23-27-20(15-32-23)16-33-24-29-28-22(14-30-11-2-1-3-12-30)31(24)21-9-7-19(26)8-10-21/h4-10,13,15H,1-3,11-12,14,16H2. The molecule has 2 aromatic carbocycles. The Hall–Kier alpha value is -2.68. The van der Waals surface area contributed by atoms with Crippen molar-refractivity contribution >= 4 is 23.4 Å². The van der Waals surface area contributed by atoms with Crippen LogP contribution >= 0.6 is 23.4 Å². The molecule has 1 fully saturated rings. The van der Waals surface area contributed by atoms with Crippen LogP contribution < -0.4 is 0 Å². The van der Waals surface area contributed by atoms with Crippen LogP contribution in [0.4, 0.5) is 4.39 Å². The number of likely N-dealkylation sites (tertiary alicyclic amines) is 1. The zero-order valence-electron chi connectivity index (χ0n) is 18.0. The average Bonchev–Trinajstić information content (AvgIpc) is 3.46. The van der Waals surface area contributed by atoms with E-state index in [1.54, 1.807) is 18.4 Å².